The molecule has 1 aromatic heterocycles. The highest BCUT2D eigenvalue weighted by Crippen LogP contribution is 2.16. The van der Waals surface area contributed by atoms with Gasteiger partial charge in [-0.3, -0.25) is 0 Å². The summed E-state index contributed by atoms with van der Waals surface area (Å²) in [5.41, 5.74) is 3.19. The van der Waals surface area contributed by atoms with Crippen molar-refractivity contribution in [2.45, 2.75) is 32.9 Å². The second kappa shape index (κ2) is 7.44. The minimum Gasteiger partial charge on any atom is -0.390 e. The average Bonchev–Trinajstić information content (AvgIpc) is 3.21. The van der Waals surface area contributed by atoms with Crippen molar-refractivity contribution in [3.05, 3.63) is 51.5 Å². The predicted octanol–water partition coefficient (Wildman–Crippen LogP) is 2.75. The molecule has 1 aliphatic heterocycles. The second-order valence-electron chi connectivity index (χ2n) is 5.76. The maximum Gasteiger partial charge on any atom is 0.315 e. The summed E-state index contributed by atoms with van der Waals surface area (Å²) in [5, 5.41) is 10.6. The summed E-state index contributed by atoms with van der Waals surface area (Å²) in [6.45, 7) is 4.89. The van der Waals surface area contributed by atoms with Gasteiger partial charge in [-0.1, -0.05) is 35.0 Å². The average molecular weight is 344 g/mol. The van der Waals surface area contributed by atoms with Gasteiger partial charge >= 0.3 is 6.03 Å². The number of urea groups is 1. The first-order valence-electron chi connectivity index (χ1n) is 7.83. The molecule has 3 rings (SSSR count). The fourth-order valence-electron chi connectivity index (χ4n) is 2.36. The zero-order valence-electron chi connectivity index (χ0n) is 13.7. The highest BCUT2D eigenvalue weighted by molar-refractivity contribution is 7.11. The maximum atomic E-state index is 11.8. The minimum atomic E-state index is -0.227. The summed E-state index contributed by atoms with van der Waals surface area (Å²) in [7, 11) is 0. The number of carbonyl (C=O) groups excluding carboxylic acids is 1. The Kier molecular flexibility index (Phi) is 5.10. The first-order chi connectivity index (χ1) is 11.6. The van der Waals surface area contributed by atoms with Crippen molar-refractivity contribution in [2.24, 2.45) is 5.16 Å². The number of oxime groups is 1. The van der Waals surface area contributed by atoms with Crippen LogP contribution in [0.2, 0.25) is 0 Å². The molecule has 2 N–H and O–H groups in total. The largest absolute Gasteiger partial charge is 0.390 e. The summed E-state index contributed by atoms with van der Waals surface area (Å²) in [4.78, 5) is 22.6. The summed E-state index contributed by atoms with van der Waals surface area (Å²) in [6, 6.07) is 7.95. The lowest BCUT2D eigenvalue weighted by molar-refractivity contribution is 0.0865. The molecule has 1 aliphatic rings. The maximum absolute atomic E-state index is 11.8. The molecule has 0 unspecified atom stereocenters. The number of nitrogens with one attached hydrogen (secondary N) is 2. The molecule has 6 nitrogen and oxygen atoms in total. The van der Waals surface area contributed by atoms with Crippen LogP contribution in [0.5, 0.6) is 0 Å². The van der Waals surface area contributed by atoms with E-state index >= 15 is 0 Å². The van der Waals surface area contributed by atoms with Crippen LogP contribution in [-0.4, -0.2) is 29.4 Å². The summed E-state index contributed by atoms with van der Waals surface area (Å²) in [6.07, 6.45) is 2.36. The Morgan fingerprint density at radius 3 is 2.79 bits per heavy atom. The summed E-state index contributed by atoms with van der Waals surface area (Å²) >= 11 is 1.58. The number of amides is 2. The number of rotatable bonds is 5. The lowest BCUT2D eigenvalue weighted by atomic mass is 10.0. The van der Waals surface area contributed by atoms with Gasteiger partial charge in [0.05, 0.1) is 18.8 Å². The third-order valence-electron chi connectivity index (χ3n) is 3.68. The Hall–Kier alpha value is -2.41. The number of thiazole rings is 1. The SMILES string of the molecule is Cc1ccc(C2=NO[C@@H](CNC(=O)NCc3ncc(C)s3)C2)cc1. The standard InChI is InChI=1S/C17H20N4O2S/c1-11-3-5-13(6-4-11)15-7-14(23-21-15)9-19-17(22)20-10-16-18-8-12(2)24-16/h3-6,8,14H,7,9-10H2,1-2H3,(H2,19,20,22)/t14-/m1/s1. The third kappa shape index (κ3) is 4.32. The fraction of sp³-hybridized carbons (Fsp3) is 0.353. The van der Waals surface area contributed by atoms with Gasteiger partial charge in [-0.2, -0.15) is 0 Å². The highest BCUT2D eigenvalue weighted by Gasteiger charge is 2.22. The van der Waals surface area contributed by atoms with Gasteiger partial charge in [0.15, 0.2) is 6.10 Å². The summed E-state index contributed by atoms with van der Waals surface area (Å²) in [5.74, 6) is 0. The van der Waals surface area contributed by atoms with E-state index in [1.165, 1.54) is 5.56 Å². The topological polar surface area (TPSA) is 75.6 Å². The molecular formula is C17H20N4O2S. The van der Waals surface area contributed by atoms with Crippen LogP contribution in [0.3, 0.4) is 0 Å². The fourth-order valence-corrected chi connectivity index (χ4v) is 3.09. The molecule has 1 atom stereocenters. The van der Waals surface area contributed by atoms with Gasteiger partial charge in [-0.25, -0.2) is 9.78 Å². The van der Waals surface area contributed by atoms with Gasteiger partial charge in [0.1, 0.15) is 5.01 Å². The number of nitrogens with zero attached hydrogens (tertiary/aromatic N) is 2. The molecular weight excluding hydrogens is 324 g/mol. The van der Waals surface area contributed by atoms with Crippen LogP contribution in [0.15, 0.2) is 35.6 Å². The van der Waals surface area contributed by atoms with Crippen LogP contribution in [0.1, 0.15) is 27.4 Å². The number of hydrogen-bond donors (Lipinski definition) is 2. The zero-order chi connectivity index (χ0) is 16.9. The van der Waals surface area contributed by atoms with Crippen LogP contribution in [-0.2, 0) is 11.4 Å². The van der Waals surface area contributed by atoms with Gasteiger partial charge in [0.2, 0.25) is 0 Å². The van der Waals surface area contributed by atoms with E-state index in [1.807, 2.05) is 19.1 Å². The highest BCUT2D eigenvalue weighted by atomic mass is 32.1. The van der Waals surface area contributed by atoms with Crippen molar-refractivity contribution >= 4 is 23.1 Å². The molecule has 0 saturated carbocycles. The number of benzene rings is 1. The molecule has 7 heteroatoms. The van der Waals surface area contributed by atoms with E-state index < -0.39 is 0 Å². The molecule has 126 valence electrons. The summed E-state index contributed by atoms with van der Waals surface area (Å²) < 4.78 is 0. The molecule has 2 heterocycles. The van der Waals surface area contributed by atoms with Crippen LogP contribution in [0, 0.1) is 13.8 Å². The lowest BCUT2D eigenvalue weighted by Crippen LogP contribution is -2.39. The van der Waals surface area contributed by atoms with E-state index in [4.69, 9.17) is 4.84 Å². The lowest BCUT2D eigenvalue weighted by Gasteiger charge is -2.10. The van der Waals surface area contributed by atoms with Gasteiger partial charge in [0, 0.05) is 17.5 Å². The molecule has 0 saturated heterocycles. The molecule has 0 aliphatic carbocycles. The van der Waals surface area contributed by atoms with Crippen molar-refractivity contribution in [1.29, 1.82) is 0 Å². The van der Waals surface area contributed by atoms with Crippen molar-refractivity contribution in [1.82, 2.24) is 15.6 Å². The zero-order valence-corrected chi connectivity index (χ0v) is 14.5. The quantitative estimate of drug-likeness (QED) is 0.876. The Morgan fingerprint density at radius 2 is 2.08 bits per heavy atom. The minimum absolute atomic E-state index is 0.130. The molecule has 0 fully saturated rings. The molecule has 0 spiro atoms. The molecule has 0 bridgehead atoms. The van der Waals surface area contributed by atoms with Crippen LogP contribution in [0.25, 0.3) is 0 Å². The van der Waals surface area contributed by atoms with Gasteiger partial charge in [-0.15, -0.1) is 11.3 Å². The Morgan fingerprint density at radius 1 is 1.29 bits per heavy atom. The Labute approximate surface area is 144 Å². The second-order valence-corrected chi connectivity index (χ2v) is 7.08. The monoisotopic (exact) mass is 344 g/mol. The third-order valence-corrected chi connectivity index (χ3v) is 4.59. The Balaban J connectivity index is 1.40. The van der Waals surface area contributed by atoms with Crippen molar-refractivity contribution in [3.63, 3.8) is 0 Å². The van der Waals surface area contributed by atoms with Crippen molar-refractivity contribution < 1.29 is 9.63 Å². The van der Waals surface area contributed by atoms with E-state index in [-0.39, 0.29) is 12.1 Å². The van der Waals surface area contributed by atoms with Crippen LogP contribution >= 0.6 is 11.3 Å². The number of aromatic nitrogens is 1. The van der Waals surface area contributed by atoms with E-state index in [2.05, 4.69) is 39.8 Å². The normalized spacial score (nSPS) is 16.4. The molecule has 2 amide bonds. The molecule has 24 heavy (non-hydrogen) atoms. The smallest absolute Gasteiger partial charge is 0.315 e. The number of hydrogen-bond acceptors (Lipinski definition) is 5. The first-order valence-corrected chi connectivity index (χ1v) is 8.64. The van der Waals surface area contributed by atoms with Crippen LogP contribution < -0.4 is 10.6 Å². The van der Waals surface area contributed by atoms with Crippen molar-refractivity contribution in [2.75, 3.05) is 6.54 Å². The predicted molar refractivity (Wildman–Crippen MR) is 94.3 cm³/mol. The van der Waals surface area contributed by atoms with E-state index in [0.29, 0.717) is 19.5 Å². The van der Waals surface area contributed by atoms with E-state index in [1.54, 1.807) is 17.5 Å². The van der Waals surface area contributed by atoms with E-state index in [0.717, 1.165) is 21.2 Å². The van der Waals surface area contributed by atoms with Crippen molar-refractivity contribution in [3.8, 4) is 0 Å². The molecule has 1 aromatic carbocycles. The first kappa shape index (κ1) is 16.4. The number of carbonyl (C=O) groups is 1. The Bertz CT molecular complexity index is 739. The molecule has 2 aromatic rings. The number of aryl methyl sites for hydroxylation is 2. The van der Waals surface area contributed by atoms with Crippen LogP contribution in [0.4, 0.5) is 4.79 Å². The van der Waals surface area contributed by atoms with Gasteiger partial charge < -0.3 is 15.5 Å². The van der Waals surface area contributed by atoms with Gasteiger partial charge in [-0.05, 0) is 19.4 Å². The van der Waals surface area contributed by atoms with Gasteiger partial charge in [0.25, 0.3) is 0 Å². The van der Waals surface area contributed by atoms with E-state index in [9.17, 15) is 4.79 Å². The molecule has 0 radical (unpaired) electrons.